The minimum atomic E-state index is 0.00992. The van der Waals surface area contributed by atoms with Gasteiger partial charge in [-0.05, 0) is 39.5 Å². The maximum Gasteiger partial charge on any atom is 0.219 e. The van der Waals surface area contributed by atoms with Gasteiger partial charge in [-0.25, -0.2) is 0 Å². The van der Waals surface area contributed by atoms with Crippen LogP contribution in [0.5, 0.6) is 0 Å². The first-order valence-electron chi connectivity index (χ1n) is 7.12. The van der Waals surface area contributed by atoms with Crippen molar-refractivity contribution in [3.8, 4) is 0 Å². The molecule has 1 N–H and O–H groups in total. The van der Waals surface area contributed by atoms with Crippen molar-refractivity contribution in [3.63, 3.8) is 0 Å². The van der Waals surface area contributed by atoms with Crippen LogP contribution in [-0.4, -0.2) is 48.2 Å². The molecule has 0 aromatic carbocycles. The van der Waals surface area contributed by atoms with Crippen LogP contribution < -0.4 is 5.32 Å². The Bertz CT molecular complexity index is 296. The second-order valence-electron chi connectivity index (χ2n) is 6.24. The molecular formula is C14H26N2O2. The van der Waals surface area contributed by atoms with E-state index in [-0.39, 0.29) is 11.5 Å². The molecule has 2 saturated heterocycles. The molecule has 104 valence electrons. The van der Waals surface area contributed by atoms with Crippen molar-refractivity contribution in [1.29, 1.82) is 0 Å². The van der Waals surface area contributed by atoms with Gasteiger partial charge in [-0.1, -0.05) is 0 Å². The molecule has 0 radical (unpaired) electrons. The summed E-state index contributed by atoms with van der Waals surface area (Å²) in [4.78, 5) is 13.2. The van der Waals surface area contributed by atoms with Gasteiger partial charge in [-0.3, -0.25) is 4.79 Å². The summed E-state index contributed by atoms with van der Waals surface area (Å²) < 4.78 is 5.74. The van der Waals surface area contributed by atoms with E-state index in [1.807, 2.05) is 4.90 Å². The van der Waals surface area contributed by atoms with E-state index in [1.54, 1.807) is 6.92 Å². The number of ether oxygens (including phenoxy) is 1. The van der Waals surface area contributed by atoms with Crippen molar-refractivity contribution >= 4 is 5.91 Å². The molecule has 0 bridgehead atoms. The van der Waals surface area contributed by atoms with Crippen LogP contribution in [0.15, 0.2) is 0 Å². The van der Waals surface area contributed by atoms with E-state index >= 15 is 0 Å². The first-order chi connectivity index (χ1) is 8.46. The number of rotatable bonds is 2. The van der Waals surface area contributed by atoms with Gasteiger partial charge in [0.05, 0.1) is 5.60 Å². The Morgan fingerprint density at radius 2 is 1.89 bits per heavy atom. The van der Waals surface area contributed by atoms with Crippen molar-refractivity contribution < 1.29 is 9.53 Å². The number of hydrogen-bond acceptors (Lipinski definition) is 3. The molecule has 4 nitrogen and oxygen atoms in total. The fourth-order valence-electron chi connectivity index (χ4n) is 3.07. The standard InChI is InChI=1S/C14H26N2O2/c1-11(17)16-7-4-12(5-8-16)15-13-6-9-18-14(2,3)10-13/h12-13,15H,4-10H2,1-3H3. The molecule has 2 rings (SSSR count). The van der Waals surface area contributed by atoms with Gasteiger partial charge in [0.2, 0.25) is 5.91 Å². The molecule has 2 heterocycles. The topological polar surface area (TPSA) is 41.6 Å². The molecule has 0 aromatic heterocycles. The molecule has 1 amide bonds. The molecule has 0 aromatic rings. The van der Waals surface area contributed by atoms with Gasteiger partial charge in [-0.2, -0.15) is 0 Å². The van der Waals surface area contributed by atoms with Gasteiger partial charge >= 0.3 is 0 Å². The molecular weight excluding hydrogens is 228 g/mol. The first-order valence-corrected chi connectivity index (χ1v) is 7.12. The lowest BCUT2D eigenvalue weighted by Crippen LogP contribution is -2.51. The summed E-state index contributed by atoms with van der Waals surface area (Å²) in [6, 6.07) is 1.14. The third kappa shape index (κ3) is 3.69. The second kappa shape index (κ2) is 5.57. The van der Waals surface area contributed by atoms with E-state index in [1.165, 1.54) is 0 Å². The van der Waals surface area contributed by atoms with Crippen molar-refractivity contribution in [2.45, 2.75) is 64.1 Å². The number of hydrogen-bond donors (Lipinski definition) is 1. The molecule has 2 aliphatic rings. The molecule has 0 saturated carbocycles. The molecule has 0 spiro atoms. The van der Waals surface area contributed by atoms with Crippen LogP contribution >= 0.6 is 0 Å². The first kappa shape index (κ1) is 13.8. The van der Waals surface area contributed by atoms with E-state index < -0.39 is 0 Å². The number of nitrogens with one attached hydrogen (secondary N) is 1. The Balaban J connectivity index is 1.76. The van der Waals surface area contributed by atoms with Crippen LogP contribution in [-0.2, 0) is 9.53 Å². The Hall–Kier alpha value is -0.610. The fourth-order valence-corrected chi connectivity index (χ4v) is 3.07. The zero-order chi connectivity index (χ0) is 13.2. The number of carbonyl (C=O) groups is 1. The van der Waals surface area contributed by atoms with Crippen molar-refractivity contribution in [2.75, 3.05) is 19.7 Å². The normalized spacial score (nSPS) is 29.3. The van der Waals surface area contributed by atoms with E-state index in [0.717, 1.165) is 45.4 Å². The minimum Gasteiger partial charge on any atom is -0.375 e. The Labute approximate surface area is 110 Å². The summed E-state index contributed by atoms with van der Waals surface area (Å²) in [7, 11) is 0. The van der Waals surface area contributed by atoms with Gasteiger partial charge in [0, 0.05) is 38.7 Å². The summed E-state index contributed by atoms with van der Waals surface area (Å²) in [5.74, 6) is 0.209. The molecule has 4 heteroatoms. The quantitative estimate of drug-likeness (QED) is 0.813. The van der Waals surface area contributed by atoms with Crippen molar-refractivity contribution in [1.82, 2.24) is 10.2 Å². The average molecular weight is 254 g/mol. The van der Waals surface area contributed by atoms with Crippen molar-refractivity contribution in [2.24, 2.45) is 0 Å². The minimum absolute atomic E-state index is 0.00992. The highest BCUT2D eigenvalue weighted by Gasteiger charge is 2.31. The summed E-state index contributed by atoms with van der Waals surface area (Å²) >= 11 is 0. The van der Waals surface area contributed by atoms with Crippen LogP contribution in [0.4, 0.5) is 0 Å². The van der Waals surface area contributed by atoms with Crippen molar-refractivity contribution in [3.05, 3.63) is 0 Å². The van der Waals surface area contributed by atoms with Crippen LogP contribution in [0.1, 0.15) is 46.5 Å². The summed E-state index contributed by atoms with van der Waals surface area (Å²) in [5.41, 5.74) is 0.00992. The average Bonchev–Trinajstić information content (AvgIpc) is 2.28. The number of nitrogens with zero attached hydrogens (tertiary/aromatic N) is 1. The number of likely N-dealkylation sites (tertiary alicyclic amines) is 1. The fraction of sp³-hybridized carbons (Fsp3) is 0.929. The smallest absolute Gasteiger partial charge is 0.219 e. The maximum absolute atomic E-state index is 11.3. The third-order valence-corrected chi connectivity index (χ3v) is 4.11. The highest BCUT2D eigenvalue weighted by molar-refractivity contribution is 5.73. The molecule has 2 fully saturated rings. The lowest BCUT2D eigenvalue weighted by atomic mass is 9.92. The Morgan fingerprint density at radius 3 is 2.44 bits per heavy atom. The summed E-state index contributed by atoms with van der Waals surface area (Å²) in [5, 5.41) is 3.75. The van der Waals surface area contributed by atoms with Crippen LogP contribution in [0, 0.1) is 0 Å². The van der Waals surface area contributed by atoms with Gasteiger partial charge in [0.15, 0.2) is 0 Å². The maximum atomic E-state index is 11.3. The van der Waals surface area contributed by atoms with E-state index in [4.69, 9.17) is 4.74 Å². The third-order valence-electron chi connectivity index (χ3n) is 4.11. The van der Waals surface area contributed by atoms with Gasteiger partial charge in [0.25, 0.3) is 0 Å². The van der Waals surface area contributed by atoms with E-state index in [9.17, 15) is 4.79 Å². The molecule has 2 aliphatic heterocycles. The SMILES string of the molecule is CC(=O)N1CCC(NC2CCOC(C)(C)C2)CC1. The zero-order valence-corrected chi connectivity index (χ0v) is 11.9. The zero-order valence-electron chi connectivity index (χ0n) is 11.9. The highest BCUT2D eigenvalue weighted by atomic mass is 16.5. The predicted octanol–water partition coefficient (Wildman–Crippen LogP) is 1.54. The lowest BCUT2D eigenvalue weighted by Gasteiger charge is -2.39. The van der Waals surface area contributed by atoms with Crippen LogP contribution in [0.25, 0.3) is 0 Å². The van der Waals surface area contributed by atoms with Crippen LogP contribution in [0.2, 0.25) is 0 Å². The largest absolute Gasteiger partial charge is 0.375 e. The monoisotopic (exact) mass is 254 g/mol. The van der Waals surface area contributed by atoms with E-state index in [2.05, 4.69) is 19.2 Å². The predicted molar refractivity (Wildman–Crippen MR) is 71.5 cm³/mol. The number of carbonyl (C=O) groups excluding carboxylic acids is 1. The van der Waals surface area contributed by atoms with Crippen LogP contribution in [0.3, 0.4) is 0 Å². The molecule has 18 heavy (non-hydrogen) atoms. The molecule has 1 unspecified atom stereocenters. The Kier molecular flexibility index (Phi) is 4.28. The van der Waals surface area contributed by atoms with Gasteiger partial charge in [-0.15, -0.1) is 0 Å². The summed E-state index contributed by atoms with van der Waals surface area (Å²) in [6.07, 6.45) is 4.35. The molecule has 1 atom stereocenters. The van der Waals surface area contributed by atoms with Gasteiger partial charge < -0.3 is 15.0 Å². The second-order valence-corrected chi connectivity index (χ2v) is 6.24. The lowest BCUT2D eigenvalue weighted by molar-refractivity contribution is -0.130. The molecule has 0 aliphatic carbocycles. The number of piperidine rings is 1. The highest BCUT2D eigenvalue weighted by Crippen LogP contribution is 2.25. The van der Waals surface area contributed by atoms with E-state index in [0.29, 0.717) is 12.1 Å². The number of amides is 1. The summed E-state index contributed by atoms with van der Waals surface area (Å²) in [6.45, 7) is 8.66. The Morgan fingerprint density at radius 1 is 1.22 bits per heavy atom. The van der Waals surface area contributed by atoms with Gasteiger partial charge in [0.1, 0.15) is 0 Å².